The maximum atomic E-state index is 14.0. The van der Waals surface area contributed by atoms with Gasteiger partial charge in [0.2, 0.25) is 0 Å². The molecule has 1 aliphatic heterocycles. The number of nitriles is 1. The van der Waals surface area contributed by atoms with Crippen molar-refractivity contribution in [3.8, 4) is 11.8 Å². The van der Waals surface area contributed by atoms with Gasteiger partial charge in [-0.1, -0.05) is 18.2 Å². The quantitative estimate of drug-likeness (QED) is 0.627. The lowest BCUT2D eigenvalue weighted by molar-refractivity contribution is -1.02. The summed E-state index contributed by atoms with van der Waals surface area (Å²) in [5.74, 6) is -0.0938. The maximum absolute atomic E-state index is 14.0. The fourth-order valence-corrected chi connectivity index (χ4v) is 4.03. The van der Waals surface area contributed by atoms with Crippen LogP contribution >= 0.6 is 0 Å². The zero-order valence-corrected chi connectivity index (χ0v) is 18.3. The third kappa shape index (κ3) is 6.27. The summed E-state index contributed by atoms with van der Waals surface area (Å²) in [4.78, 5) is 17.4. The van der Waals surface area contributed by atoms with E-state index in [0.717, 1.165) is 38.3 Å². The van der Waals surface area contributed by atoms with Gasteiger partial charge in [-0.15, -0.1) is 0 Å². The van der Waals surface area contributed by atoms with Crippen molar-refractivity contribution < 1.29 is 23.7 Å². The van der Waals surface area contributed by atoms with Crippen LogP contribution in [-0.2, 0) is 17.9 Å². The number of benzene rings is 2. The van der Waals surface area contributed by atoms with Gasteiger partial charge in [0.25, 0.3) is 5.91 Å². The zero-order valence-electron chi connectivity index (χ0n) is 18.3. The van der Waals surface area contributed by atoms with E-state index < -0.39 is 5.82 Å². The molecule has 7 heteroatoms. The number of rotatable bonds is 8. The van der Waals surface area contributed by atoms with Crippen molar-refractivity contribution in [3.63, 3.8) is 0 Å². The number of halogens is 1. The van der Waals surface area contributed by atoms with E-state index in [2.05, 4.69) is 6.07 Å². The molecule has 1 heterocycles. The highest BCUT2D eigenvalue weighted by Crippen LogP contribution is 2.18. The summed E-state index contributed by atoms with van der Waals surface area (Å²) < 4.78 is 18.9. The van der Waals surface area contributed by atoms with Crippen LogP contribution in [-0.4, -0.2) is 57.2 Å². The van der Waals surface area contributed by atoms with Crippen LogP contribution in [0.25, 0.3) is 0 Å². The molecule has 0 aromatic heterocycles. The van der Waals surface area contributed by atoms with Gasteiger partial charge in [-0.25, -0.2) is 4.39 Å². The first-order valence-corrected chi connectivity index (χ1v) is 10.8. The van der Waals surface area contributed by atoms with Crippen molar-refractivity contribution in [2.45, 2.75) is 20.0 Å². The van der Waals surface area contributed by atoms with Crippen molar-refractivity contribution >= 4 is 5.91 Å². The van der Waals surface area contributed by atoms with Gasteiger partial charge in [-0.2, -0.15) is 5.26 Å². The summed E-state index contributed by atoms with van der Waals surface area (Å²) in [7, 11) is 1.44. The monoisotopic (exact) mass is 426 g/mol. The summed E-state index contributed by atoms with van der Waals surface area (Å²) in [6.45, 7) is 8.28. The number of carbonyl (C=O) groups excluding carboxylic acids is 1. The average Bonchev–Trinajstić information content (AvgIpc) is 2.79. The van der Waals surface area contributed by atoms with E-state index in [4.69, 9.17) is 10.00 Å². The number of hydrogen-bond donors (Lipinski definition) is 2. The molecule has 0 spiro atoms. The highest BCUT2D eigenvalue weighted by molar-refractivity contribution is 5.77. The van der Waals surface area contributed by atoms with Crippen LogP contribution in [0, 0.1) is 17.1 Å². The summed E-state index contributed by atoms with van der Waals surface area (Å²) in [6, 6.07) is 14.8. The van der Waals surface area contributed by atoms with Gasteiger partial charge in [-0.3, -0.25) is 4.79 Å². The van der Waals surface area contributed by atoms with E-state index in [1.807, 2.05) is 31.2 Å². The number of nitrogens with one attached hydrogen (secondary N) is 2. The Balaban J connectivity index is 1.47. The molecule has 6 nitrogen and oxygen atoms in total. The second kappa shape index (κ2) is 10.9. The Morgan fingerprint density at radius 1 is 1.10 bits per heavy atom. The van der Waals surface area contributed by atoms with Gasteiger partial charge in [0, 0.05) is 18.7 Å². The predicted octanol–water partition coefficient (Wildman–Crippen LogP) is 0.0381. The molecular formula is C24H31FN4O2+2. The number of likely N-dealkylation sites (N-methyl/N-ethyl adjacent to an activating group) is 1. The molecule has 0 radical (unpaired) electrons. The minimum atomic E-state index is -0.407. The van der Waals surface area contributed by atoms with Crippen LogP contribution in [0.2, 0.25) is 0 Å². The Hall–Kier alpha value is -2.95. The topological polar surface area (TPSA) is 62.2 Å². The van der Waals surface area contributed by atoms with Crippen molar-refractivity contribution in [1.82, 2.24) is 4.90 Å². The summed E-state index contributed by atoms with van der Waals surface area (Å²) >= 11 is 0. The molecule has 0 bridgehead atoms. The average molecular weight is 427 g/mol. The highest BCUT2D eigenvalue weighted by Gasteiger charge is 2.26. The molecule has 0 atom stereocenters. The second-order valence-corrected chi connectivity index (χ2v) is 8.04. The highest BCUT2D eigenvalue weighted by atomic mass is 19.1. The van der Waals surface area contributed by atoms with Crippen LogP contribution in [0.3, 0.4) is 0 Å². The number of nitrogens with zero attached hydrogens (tertiary/aromatic N) is 2. The van der Waals surface area contributed by atoms with Crippen LogP contribution < -0.4 is 14.5 Å². The minimum absolute atomic E-state index is 0.101. The number of amides is 1. The molecule has 1 aliphatic rings. The Labute approximate surface area is 183 Å². The Bertz CT molecular complexity index is 918. The number of hydrogen-bond acceptors (Lipinski definition) is 3. The van der Waals surface area contributed by atoms with E-state index in [1.54, 1.807) is 17.0 Å². The molecule has 2 aromatic rings. The molecule has 3 rings (SSSR count). The molecule has 1 saturated heterocycles. The van der Waals surface area contributed by atoms with Crippen molar-refractivity contribution in [2.24, 2.45) is 0 Å². The van der Waals surface area contributed by atoms with E-state index in [1.165, 1.54) is 28.5 Å². The number of quaternary nitrogens is 2. The third-order valence-electron chi connectivity index (χ3n) is 5.93. The molecule has 1 amide bonds. The normalized spacial score (nSPS) is 18.3. The van der Waals surface area contributed by atoms with E-state index in [-0.39, 0.29) is 11.7 Å². The van der Waals surface area contributed by atoms with Crippen molar-refractivity contribution in [3.05, 3.63) is 65.0 Å². The smallest absolute Gasteiger partial charge is 0.278 e. The van der Waals surface area contributed by atoms with E-state index in [9.17, 15) is 9.18 Å². The van der Waals surface area contributed by atoms with Gasteiger partial charge >= 0.3 is 0 Å². The minimum Gasteiger partial charge on any atom is -0.494 e. The van der Waals surface area contributed by atoms with Crippen LogP contribution in [0.15, 0.2) is 42.5 Å². The molecule has 2 N–H and O–H groups in total. The largest absolute Gasteiger partial charge is 0.494 e. The Kier molecular flexibility index (Phi) is 7.99. The van der Waals surface area contributed by atoms with Crippen molar-refractivity contribution in [2.75, 3.05) is 46.4 Å². The third-order valence-corrected chi connectivity index (χ3v) is 5.93. The lowest BCUT2D eigenvalue weighted by atomic mass is 10.1. The fourth-order valence-electron chi connectivity index (χ4n) is 4.03. The molecule has 31 heavy (non-hydrogen) atoms. The summed E-state index contributed by atoms with van der Waals surface area (Å²) in [5, 5.41) is 8.91. The zero-order chi connectivity index (χ0) is 22.2. The molecular weight excluding hydrogens is 395 g/mol. The molecule has 0 unspecified atom stereocenters. The first-order valence-electron chi connectivity index (χ1n) is 10.8. The van der Waals surface area contributed by atoms with E-state index in [0.29, 0.717) is 25.2 Å². The number of ether oxygens (including phenoxy) is 1. The Morgan fingerprint density at radius 2 is 1.74 bits per heavy atom. The molecule has 0 aliphatic carbocycles. The Morgan fingerprint density at radius 3 is 2.32 bits per heavy atom. The van der Waals surface area contributed by atoms with E-state index >= 15 is 0 Å². The molecule has 164 valence electrons. The number of methoxy groups -OCH3 is 1. The number of piperazine rings is 1. The van der Waals surface area contributed by atoms with Gasteiger partial charge in [0.05, 0.1) is 18.7 Å². The lowest BCUT2D eigenvalue weighted by Crippen LogP contribution is -3.28. The predicted molar refractivity (Wildman–Crippen MR) is 115 cm³/mol. The summed E-state index contributed by atoms with van der Waals surface area (Å²) in [5.41, 5.74) is 2.68. The first-order chi connectivity index (χ1) is 15.0. The maximum Gasteiger partial charge on any atom is 0.278 e. The van der Waals surface area contributed by atoms with Gasteiger partial charge in [0.1, 0.15) is 32.7 Å². The van der Waals surface area contributed by atoms with Crippen LogP contribution in [0.1, 0.15) is 23.6 Å². The second-order valence-electron chi connectivity index (χ2n) is 8.04. The fraction of sp³-hybridized carbons (Fsp3) is 0.417. The molecule has 0 saturated carbocycles. The lowest BCUT2D eigenvalue weighted by Gasteiger charge is -2.31. The van der Waals surface area contributed by atoms with Gasteiger partial charge < -0.3 is 19.4 Å². The van der Waals surface area contributed by atoms with Crippen molar-refractivity contribution in [1.29, 1.82) is 5.26 Å². The van der Waals surface area contributed by atoms with Gasteiger partial charge in [0.15, 0.2) is 18.1 Å². The molecule has 2 aromatic carbocycles. The van der Waals surface area contributed by atoms with Gasteiger partial charge in [-0.05, 0) is 36.8 Å². The number of carbonyl (C=O) groups is 1. The first kappa shape index (κ1) is 22.7. The SMILES string of the molecule is CCN(Cc1ccc(OC)c(F)c1)C(=O)C[NH+]1CC[NH+](Cc2ccc(C#N)cc2)CC1. The van der Waals surface area contributed by atoms with Crippen LogP contribution in [0.4, 0.5) is 4.39 Å². The standard InChI is InChI=1S/C24H29FN4O2/c1-3-29(17-21-8-9-23(31-2)22(25)14-21)24(30)18-28-12-10-27(11-13-28)16-20-6-4-19(15-26)5-7-20/h4-9,14H,3,10-13,16-18H2,1-2H3/p+2. The summed E-state index contributed by atoms with van der Waals surface area (Å²) in [6.07, 6.45) is 0. The van der Waals surface area contributed by atoms with Crippen LogP contribution in [0.5, 0.6) is 5.75 Å². The molecule has 1 fully saturated rings.